The van der Waals surface area contributed by atoms with Gasteiger partial charge in [-0.2, -0.15) is 14.7 Å². The number of nitrogen functional groups attached to an aromatic ring is 1. The second kappa shape index (κ2) is 9.69. The molecule has 2 bridgehead atoms. The van der Waals surface area contributed by atoms with E-state index in [1.807, 2.05) is 4.90 Å². The molecule has 3 atom stereocenters. The zero-order valence-electron chi connectivity index (χ0n) is 22.5. The number of sulfone groups is 1. The molecule has 2 aliphatic heterocycles. The first kappa shape index (κ1) is 26.2. The normalized spacial score (nSPS) is 20.3. The van der Waals surface area contributed by atoms with E-state index >= 15 is 0 Å². The summed E-state index contributed by atoms with van der Waals surface area (Å²) in [6.45, 7) is 0. The van der Waals surface area contributed by atoms with E-state index < -0.39 is 9.84 Å². The van der Waals surface area contributed by atoms with Crippen molar-refractivity contribution in [1.29, 1.82) is 0 Å². The van der Waals surface area contributed by atoms with Gasteiger partial charge in [-0.3, -0.25) is 14.9 Å². The zero-order chi connectivity index (χ0) is 29.2. The Morgan fingerprint density at radius 3 is 2.45 bits per heavy atom. The van der Waals surface area contributed by atoms with E-state index in [4.69, 9.17) is 10.7 Å². The summed E-state index contributed by atoms with van der Waals surface area (Å²) in [6, 6.07) is 9.71. The number of rotatable bonds is 5. The average molecular weight is 588 g/mol. The molecule has 1 unspecified atom stereocenters. The summed E-state index contributed by atoms with van der Waals surface area (Å²) in [5, 5.41) is 10.8. The van der Waals surface area contributed by atoms with Crippen molar-refractivity contribution in [3.63, 3.8) is 0 Å². The predicted molar refractivity (Wildman–Crippen MR) is 150 cm³/mol. The summed E-state index contributed by atoms with van der Waals surface area (Å²) in [5.41, 5.74) is 9.39. The third-order valence-electron chi connectivity index (χ3n) is 8.23. The van der Waals surface area contributed by atoms with Crippen LogP contribution < -0.4 is 5.73 Å². The molecule has 0 spiro atoms. The fourth-order valence-corrected chi connectivity index (χ4v) is 7.48. The SMILES string of the molecule is CS(=O)(=O)c1c(C2C[C@H]3CC[C@@H](C2)N3C(=O)c2ncn[nH]2)nc2c(-c3ccc(-c4ccccc4F)nc3)cnn2c1N. The number of anilines is 1. The average Bonchev–Trinajstić information content (AvgIpc) is 3.71. The second-order valence-electron chi connectivity index (χ2n) is 10.8. The smallest absolute Gasteiger partial charge is 0.291 e. The number of nitrogens with two attached hydrogens (primary N) is 1. The van der Waals surface area contributed by atoms with Gasteiger partial charge in [0.25, 0.3) is 5.91 Å². The van der Waals surface area contributed by atoms with Crippen molar-refractivity contribution < 1.29 is 17.6 Å². The van der Waals surface area contributed by atoms with Crippen LogP contribution in [-0.4, -0.2) is 72.3 Å². The lowest BCUT2D eigenvalue weighted by atomic mass is 9.87. The number of carbonyl (C=O) groups excluding carboxylic acids is 1. The maximum absolute atomic E-state index is 14.3. The number of aromatic nitrogens is 7. The van der Waals surface area contributed by atoms with Gasteiger partial charge in [-0.1, -0.05) is 18.2 Å². The molecule has 42 heavy (non-hydrogen) atoms. The molecule has 6 heterocycles. The quantitative estimate of drug-likeness (QED) is 0.314. The maximum Gasteiger partial charge on any atom is 0.291 e. The highest BCUT2D eigenvalue weighted by atomic mass is 32.2. The van der Waals surface area contributed by atoms with E-state index in [1.165, 1.54) is 16.9 Å². The molecule has 3 N–H and O–H groups in total. The number of piperidine rings is 1. The molecule has 5 aromatic rings. The van der Waals surface area contributed by atoms with Crippen LogP contribution in [-0.2, 0) is 9.84 Å². The van der Waals surface area contributed by atoms with E-state index in [0.717, 1.165) is 19.1 Å². The molecule has 2 saturated heterocycles. The van der Waals surface area contributed by atoms with Crippen molar-refractivity contribution in [3.05, 3.63) is 72.5 Å². The van der Waals surface area contributed by atoms with Gasteiger partial charge < -0.3 is 10.6 Å². The Balaban J connectivity index is 1.28. The largest absolute Gasteiger partial charge is 0.382 e. The van der Waals surface area contributed by atoms with Crippen LogP contribution in [0.4, 0.5) is 10.2 Å². The van der Waals surface area contributed by atoms with E-state index in [2.05, 4.69) is 25.3 Å². The van der Waals surface area contributed by atoms with E-state index in [1.54, 1.807) is 42.7 Å². The molecule has 12 nitrogen and oxygen atoms in total. The number of aromatic amines is 1. The molecule has 4 aromatic heterocycles. The predicted octanol–water partition coefficient (Wildman–Crippen LogP) is 3.25. The molecule has 0 saturated carbocycles. The van der Waals surface area contributed by atoms with Gasteiger partial charge in [0.2, 0.25) is 5.82 Å². The van der Waals surface area contributed by atoms with Crippen LogP contribution in [0.25, 0.3) is 28.0 Å². The first-order chi connectivity index (χ1) is 20.2. The lowest BCUT2D eigenvalue weighted by molar-refractivity contribution is 0.0556. The lowest BCUT2D eigenvalue weighted by Crippen LogP contribution is -2.46. The number of halogens is 1. The highest BCUT2D eigenvalue weighted by molar-refractivity contribution is 7.91. The van der Waals surface area contributed by atoms with Crippen molar-refractivity contribution in [1.82, 2.24) is 39.7 Å². The van der Waals surface area contributed by atoms with E-state index in [-0.39, 0.29) is 46.3 Å². The monoisotopic (exact) mass is 587 g/mol. The Morgan fingerprint density at radius 1 is 1.05 bits per heavy atom. The lowest BCUT2D eigenvalue weighted by Gasteiger charge is -2.38. The van der Waals surface area contributed by atoms with Crippen LogP contribution in [0.5, 0.6) is 0 Å². The number of benzene rings is 1. The molecule has 214 valence electrons. The van der Waals surface area contributed by atoms with Crippen LogP contribution >= 0.6 is 0 Å². The van der Waals surface area contributed by atoms with Crippen molar-refractivity contribution in [3.8, 4) is 22.4 Å². The van der Waals surface area contributed by atoms with Crippen molar-refractivity contribution >= 4 is 27.2 Å². The van der Waals surface area contributed by atoms with Crippen LogP contribution in [0.15, 0.2) is 60.0 Å². The minimum atomic E-state index is -3.78. The molecule has 2 aliphatic rings. The Hall–Kier alpha value is -4.72. The minimum absolute atomic E-state index is 0.0211. The number of H-pyrrole nitrogens is 1. The molecule has 1 amide bonds. The topological polar surface area (TPSA) is 165 Å². The van der Waals surface area contributed by atoms with Gasteiger partial charge in [0, 0.05) is 47.1 Å². The second-order valence-corrected chi connectivity index (χ2v) is 12.7. The van der Waals surface area contributed by atoms with Gasteiger partial charge in [0.1, 0.15) is 22.9 Å². The molecule has 0 radical (unpaired) electrons. The number of nitrogens with zero attached hydrogens (tertiary/aromatic N) is 7. The number of hydrogen-bond donors (Lipinski definition) is 2. The van der Waals surface area contributed by atoms with Crippen molar-refractivity contribution in [2.45, 2.75) is 48.6 Å². The summed E-state index contributed by atoms with van der Waals surface area (Å²) in [4.78, 5) is 28.3. The molecule has 0 aliphatic carbocycles. The third-order valence-corrected chi connectivity index (χ3v) is 9.39. The van der Waals surface area contributed by atoms with Gasteiger partial charge in [0.05, 0.1) is 17.6 Å². The number of carbonyl (C=O) groups is 1. The van der Waals surface area contributed by atoms with E-state index in [0.29, 0.717) is 46.6 Å². The molecule has 14 heteroatoms. The number of pyridine rings is 1. The Kier molecular flexibility index (Phi) is 6.04. The molecular weight excluding hydrogens is 561 g/mol. The van der Waals surface area contributed by atoms with Gasteiger partial charge in [-0.25, -0.2) is 22.8 Å². The molecule has 7 rings (SSSR count). The summed E-state index contributed by atoms with van der Waals surface area (Å²) < 4.78 is 41.7. The number of hydrogen-bond acceptors (Lipinski definition) is 9. The van der Waals surface area contributed by atoms with Crippen LogP contribution in [0.1, 0.15) is 47.9 Å². The zero-order valence-corrected chi connectivity index (χ0v) is 23.3. The molecule has 2 fully saturated rings. The summed E-state index contributed by atoms with van der Waals surface area (Å²) >= 11 is 0. The number of amides is 1. The van der Waals surface area contributed by atoms with Crippen LogP contribution in [0, 0.1) is 5.82 Å². The number of fused-ring (bicyclic) bond motifs is 3. The summed E-state index contributed by atoms with van der Waals surface area (Å²) in [5.74, 6) is -0.669. The highest BCUT2D eigenvalue weighted by Crippen LogP contribution is 2.45. The first-order valence-corrected chi connectivity index (χ1v) is 15.4. The molecule has 1 aromatic carbocycles. The Labute approximate surface area is 239 Å². The molecular formula is C28H26FN9O3S. The standard InChI is InChI=1S/C28H26FN9O3S/c1-42(40,41)24-23(16-10-17-7-8-18(11-16)37(17)28(39)26-32-14-33-36-26)35-27-20(13-34-38(27)25(24)30)15-6-9-22(31-12-15)19-4-2-3-5-21(19)29/h2-6,9,12-14,16-18H,7-8,10-11,30H2,1H3,(H,32,33,36)/t16?,17-,18+. The van der Waals surface area contributed by atoms with Gasteiger partial charge in [-0.15, -0.1) is 0 Å². The van der Waals surface area contributed by atoms with Crippen molar-refractivity contribution in [2.75, 3.05) is 12.0 Å². The maximum atomic E-state index is 14.3. The van der Waals surface area contributed by atoms with Gasteiger partial charge in [-0.05, 0) is 43.9 Å². The fourth-order valence-electron chi connectivity index (χ4n) is 6.42. The fraction of sp³-hybridized carbons (Fsp3) is 0.286. The Morgan fingerprint density at radius 2 is 1.81 bits per heavy atom. The first-order valence-electron chi connectivity index (χ1n) is 13.5. The highest BCUT2D eigenvalue weighted by Gasteiger charge is 2.46. The van der Waals surface area contributed by atoms with Crippen molar-refractivity contribution in [2.24, 2.45) is 0 Å². The van der Waals surface area contributed by atoms with Crippen LogP contribution in [0.3, 0.4) is 0 Å². The summed E-state index contributed by atoms with van der Waals surface area (Å²) in [7, 11) is -3.78. The van der Waals surface area contributed by atoms with Gasteiger partial charge in [0.15, 0.2) is 15.5 Å². The Bertz CT molecular complexity index is 1930. The third kappa shape index (κ3) is 4.21. The summed E-state index contributed by atoms with van der Waals surface area (Å²) in [6.07, 6.45) is 8.24. The minimum Gasteiger partial charge on any atom is -0.382 e. The number of nitrogens with one attached hydrogen (secondary N) is 1. The van der Waals surface area contributed by atoms with Crippen LogP contribution in [0.2, 0.25) is 0 Å². The van der Waals surface area contributed by atoms with Gasteiger partial charge >= 0.3 is 0 Å². The van der Waals surface area contributed by atoms with E-state index in [9.17, 15) is 17.6 Å².